The smallest absolute Gasteiger partial charge is 0.264 e. The van der Waals surface area contributed by atoms with Crippen molar-refractivity contribution in [3.05, 3.63) is 94.7 Å². The fraction of sp³-hybridized carbons (Fsp3) is 0.457. The van der Waals surface area contributed by atoms with Crippen LogP contribution in [0.3, 0.4) is 0 Å². The van der Waals surface area contributed by atoms with E-state index < -0.39 is 20.2 Å². The Morgan fingerprint density at radius 3 is 2.16 bits per heavy atom. The summed E-state index contributed by atoms with van der Waals surface area (Å²) in [6.45, 7) is 14.3. The highest BCUT2D eigenvalue weighted by atomic mass is 32.2. The van der Waals surface area contributed by atoms with Gasteiger partial charge in [-0.05, 0) is 70.2 Å². The molecule has 2 aromatic rings. The lowest BCUT2D eigenvalue weighted by Crippen LogP contribution is -2.28. The number of aryl methyl sites for hydroxylation is 2. The molecule has 8 nitrogen and oxygen atoms in total. The van der Waals surface area contributed by atoms with Crippen LogP contribution < -0.4 is 4.90 Å². The summed E-state index contributed by atoms with van der Waals surface area (Å²) in [7, 11) is -7.97. The van der Waals surface area contributed by atoms with Gasteiger partial charge in [-0.2, -0.15) is 21.4 Å². The van der Waals surface area contributed by atoms with Crippen molar-refractivity contribution >= 4 is 37.3 Å². The number of rotatable bonds is 13. The summed E-state index contributed by atoms with van der Waals surface area (Å²) < 4.78 is 65.6. The van der Waals surface area contributed by atoms with Crippen LogP contribution in [0.2, 0.25) is 0 Å². The van der Waals surface area contributed by atoms with Crippen molar-refractivity contribution in [3.8, 4) is 0 Å². The van der Waals surface area contributed by atoms with E-state index in [1.165, 1.54) is 22.3 Å². The third kappa shape index (κ3) is 8.03. The van der Waals surface area contributed by atoms with E-state index in [1.54, 1.807) is 0 Å². The number of hydrogen-bond acceptors (Lipinski definition) is 5. The first kappa shape index (κ1) is 34.8. The monoisotopic (exact) mass is 655 g/mol. The highest BCUT2D eigenvalue weighted by molar-refractivity contribution is 7.86. The first-order valence-corrected chi connectivity index (χ1v) is 18.7. The molecule has 2 aliphatic rings. The van der Waals surface area contributed by atoms with Crippen molar-refractivity contribution in [2.24, 2.45) is 0 Å². The lowest BCUT2D eigenvalue weighted by atomic mass is 9.79. The number of fused-ring (bicyclic) bond motifs is 2. The second-order valence-corrected chi connectivity index (χ2v) is 16.4. The van der Waals surface area contributed by atoms with Gasteiger partial charge in [-0.3, -0.25) is 9.11 Å². The normalized spacial score (nSPS) is 18.5. The van der Waals surface area contributed by atoms with Gasteiger partial charge in [0.25, 0.3) is 20.2 Å². The van der Waals surface area contributed by atoms with E-state index in [9.17, 15) is 25.9 Å². The van der Waals surface area contributed by atoms with Crippen molar-refractivity contribution in [2.45, 2.75) is 78.1 Å². The Morgan fingerprint density at radius 1 is 0.822 bits per heavy atom. The van der Waals surface area contributed by atoms with Crippen LogP contribution in [0.25, 0.3) is 0 Å². The van der Waals surface area contributed by atoms with E-state index in [2.05, 4.69) is 93.5 Å². The molecule has 2 aromatic carbocycles. The van der Waals surface area contributed by atoms with Crippen LogP contribution in [-0.4, -0.2) is 60.8 Å². The van der Waals surface area contributed by atoms with E-state index in [-0.39, 0.29) is 22.3 Å². The Morgan fingerprint density at radius 2 is 1.49 bits per heavy atom. The molecule has 0 saturated carbocycles. The van der Waals surface area contributed by atoms with E-state index in [0.29, 0.717) is 38.8 Å². The number of benzene rings is 2. The van der Waals surface area contributed by atoms with Crippen LogP contribution in [0.5, 0.6) is 0 Å². The maximum Gasteiger partial charge on any atom is 0.264 e. The Bertz CT molecular complexity index is 1780. The molecule has 0 radical (unpaired) electrons. The number of unbranched alkanes of at least 4 members (excludes halogenated alkanes) is 2. The number of nitrogens with zero attached hydrogens (tertiary/aromatic N) is 2. The summed E-state index contributed by atoms with van der Waals surface area (Å²) in [6, 6.07) is 12.7. The van der Waals surface area contributed by atoms with Crippen molar-refractivity contribution in [3.63, 3.8) is 0 Å². The summed E-state index contributed by atoms with van der Waals surface area (Å²) in [5.41, 5.74) is 8.87. The zero-order valence-corrected chi connectivity index (χ0v) is 28.9. The maximum atomic E-state index is 11.3. The lowest BCUT2D eigenvalue weighted by molar-refractivity contribution is -0.438. The van der Waals surface area contributed by atoms with E-state index in [4.69, 9.17) is 0 Å². The quantitative estimate of drug-likeness (QED) is 0.105. The average molecular weight is 656 g/mol. The molecule has 0 unspecified atom stereocenters. The first-order valence-electron chi connectivity index (χ1n) is 15.5. The minimum atomic E-state index is -3.99. The van der Waals surface area contributed by atoms with Gasteiger partial charge in [0, 0.05) is 47.5 Å². The summed E-state index contributed by atoms with van der Waals surface area (Å²) in [5.74, 6) is -0.490. The number of anilines is 1. The second kappa shape index (κ2) is 13.4. The molecular formula is C35H47N2O6S2+. The topological polar surface area (TPSA) is 115 Å². The van der Waals surface area contributed by atoms with Gasteiger partial charge in [0.05, 0.1) is 16.9 Å². The zero-order valence-electron chi connectivity index (χ0n) is 27.2. The third-order valence-corrected chi connectivity index (χ3v) is 10.6. The van der Waals surface area contributed by atoms with Gasteiger partial charge >= 0.3 is 0 Å². The van der Waals surface area contributed by atoms with Gasteiger partial charge in [-0.1, -0.05) is 61.9 Å². The Labute approximate surface area is 269 Å². The standard InChI is InChI=1S/C35H46N2O6S2/c1-26-19-20-29-28(25-26)34(3,4)31(36(29)21-10-12-23-44(38,39)40)17-8-7-9-18-32-35(5,6)33-27(2)15-14-16-30(33)37(32)22-11-13-24-45(41,42)43/h7-9,14-20,25H,10-13,21-24H2,1-6H3,(H-,38,39,40,41,42,43)/p+1. The molecule has 0 fully saturated rings. The average Bonchev–Trinajstić information content (AvgIpc) is 3.26. The maximum absolute atomic E-state index is 11.3. The molecule has 2 heterocycles. The fourth-order valence-corrected chi connectivity index (χ4v) is 7.96. The van der Waals surface area contributed by atoms with Crippen LogP contribution >= 0.6 is 0 Å². The summed E-state index contributed by atoms with van der Waals surface area (Å²) in [5, 5.41) is 0. The first-order chi connectivity index (χ1) is 20.9. The Kier molecular flexibility index (Phi) is 10.3. The van der Waals surface area contributed by atoms with Gasteiger partial charge in [-0.15, -0.1) is 0 Å². The predicted octanol–water partition coefficient (Wildman–Crippen LogP) is 6.81. The fourth-order valence-electron chi connectivity index (χ4n) is 6.82. The Hall–Kier alpha value is -3.05. The van der Waals surface area contributed by atoms with Crippen LogP contribution in [-0.2, 0) is 31.1 Å². The highest BCUT2D eigenvalue weighted by Crippen LogP contribution is 2.48. The molecule has 244 valence electrons. The van der Waals surface area contributed by atoms with E-state index in [1.807, 2.05) is 24.3 Å². The molecule has 0 spiro atoms. The van der Waals surface area contributed by atoms with Crippen LogP contribution in [0.1, 0.15) is 75.6 Å². The summed E-state index contributed by atoms with van der Waals surface area (Å²) in [4.78, 5) is 2.26. The minimum Gasteiger partial charge on any atom is -0.344 e. The molecule has 0 aromatic heterocycles. The largest absolute Gasteiger partial charge is 0.344 e. The molecule has 0 bridgehead atoms. The zero-order chi connectivity index (χ0) is 33.2. The van der Waals surface area contributed by atoms with Gasteiger partial charge < -0.3 is 4.90 Å². The van der Waals surface area contributed by atoms with Crippen molar-refractivity contribution in [1.29, 1.82) is 0 Å². The van der Waals surface area contributed by atoms with Crippen molar-refractivity contribution in [1.82, 2.24) is 0 Å². The van der Waals surface area contributed by atoms with Crippen LogP contribution in [0.4, 0.5) is 11.4 Å². The van der Waals surface area contributed by atoms with E-state index >= 15 is 0 Å². The van der Waals surface area contributed by atoms with E-state index in [0.717, 1.165) is 22.8 Å². The second-order valence-electron chi connectivity index (χ2n) is 13.2. The van der Waals surface area contributed by atoms with Crippen LogP contribution in [0.15, 0.2) is 72.5 Å². The van der Waals surface area contributed by atoms with Crippen LogP contribution in [0, 0.1) is 13.8 Å². The molecule has 4 rings (SSSR count). The van der Waals surface area contributed by atoms with Gasteiger partial charge in [-0.25, -0.2) is 0 Å². The number of allylic oxidation sites excluding steroid dienone is 6. The van der Waals surface area contributed by atoms with Gasteiger partial charge in [0.2, 0.25) is 5.69 Å². The molecule has 45 heavy (non-hydrogen) atoms. The summed E-state index contributed by atoms with van der Waals surface area (Å²) >= 11 is 0. The van der Waals surface area contributed by atoms with Gasteiger partial charge in [0.15, 0.2) is 5.71 Å². The minimum absolute atomic E-state index is 0.245. The molecule has 0 aliphatic carbocycles. The Balaban J connectivity index is 1.60. The summed E-state index contributed by atoms with van der Waals surface area (Å²) in [6.07, 6.45) is 12.3. The van der Waals surface area contributed by atoms with Crippen molar-refractivity contribution in [2.75, 3.05) is 29.5 Å². The third-order valence-electron chi connectivity index (χ3n) is 8.94. The van der Waals surface area contributed by atoms with Crippen molar-refractivity contribution < 1.29 is 30.5 Å². The molecule has 0 amide bonds. The molecule has 10 heteroatoms. The van der Waals surface area contributed by atoms with Gasteiger partial charge in [0.1, 0.15) is 6.54 Å². The predicted molar refractivity (Wildman–Crippen MR) is 183 cm³/mol. The number of hydrogen-bond donors (Lipinski definition) is 2. The molecule has 0 atom stereocenters. The molecule has 0 saturated heterocycles. The lowest BCUT2D eigenvalue weighted by Gasteiger charge is -2.27. The molecule has 2 aliphatic heterocycles. The molecular weight excluding hydrogens is 609 g/mol. The highest BCUT2D eigenvalue weighted by Gasteiger charge is 2.45. The molecule has 2 N–H and O–H groups in total. The SMILES string of the molecule is Cc1ccc2c(c1)C(C)(C)\C(=C/C=C/C=C/C1=[N+](CCCCS(=O)(=O)O)c3cccc(C)c3C1(C)C)N2CCCCS(=O)(=O)O.